The van der Waals surface area contributed by atoms with Crippen LogP contribution >= 0.6 is 15.9 Å². The lowest BCUT2D eigenvalue weighted by Gasteiger charge is -2.31. The minimum Gasteiger partial charge on any atom is -0.317 e. The third kappa shape index (κ3) is 3.91. The van der Waals surface area contributed by atoms with Crippen molar-refractivity contribution in [3.05, 3.63) is 27.7 Å². The Bertz CT molecular complexity index is 623. The van der Waals surface area contributed by atoms with Crippen molar-refractivity contribution in [1.29, 1.82) is 0 Å². The van der Waals surface area contributed by atoms with Crippen molar-refractivity contribution in [2.75, 3.05) is 26.2 Å². The zero-order valence-electron chi connectivity index (χ0n) is 13.5. The first-order chi connectivity index (χ1) is 10.4. The largest absolute Gasteiger partial charge is 0.317 e. The van der Waals surface area contributed by atoms with Crippen LogP contribution in [-0.4, -0.2) is 38.9 Å². The second kappa shape index (κ2) is 7.43. The lowest BCUT2D eigenvalue weighted by molar-refractivity contribution is 0.268. The summed E-state index contributed by atoms with van der Waals surface area (Å²) in [5, 5.41) is 3.35. The van der Waals surface area contributed by atoms with Gasteiger partial charge in [0.25, 0.3) is 0 Å². The van der Waals surface area contributed by atoms with Gasteiger partial charge in [0.05, 0.1) is 4.90 Å². The SMILES string of the molecule is CCNCC1CCN(S(=O)(=O)c2cc(C)c(Br)cc2C)CC1. The van der Waals surface area contributed by atoms with Crippen LogP contribution in [0.4, 0.5) is 0 Å². The van der Waals surface area contributed by atoms with Gasteiger partial charge in [-0.15, -0.1) is 0 Å². The van der Waals surface area contributed by atoms with Crippen molar-refractivity contribution in [2.24, 2.45) is 5.92 Å². The summed E-state index contributed by atoms with van der Waals surface area (Å²) in [6.45, 7) is 9.06. The highest BCUT2D eigenvalue weighted by Gasteiger charge is 2.30. The van der Waals surface area contributed by atoms with Gasteiger partial charge in [0.15, 0.2) is 0 Å². The predicted molar refractivity (Wildman–Crippen MR) is 93.6 cm³/mol. The van der Waals surface area contributed by atoms with Gasteiger partial charge in [-0.1, -0.05) is 22.9 Å². The molecule has 1 aromatic rings. The molecule has 2 rings (SSSR count). The van der Waals surface area contributed by atoms with Gasteiger partial charge in [-0.3, -0.25) is 0 Å². The summed E-state index contributed by atoms with van der Waals surface area (Å²) in [6, 6.07) is 3.67. The van der Waals surface area contributed by atoms with E-state index in [0.29, 0.717) is 23.9 Å². The molecule has 0 amide bonds. The van der Waals surface area contributed by atoms with Gasteiger partial charge < -0.3 is 5.32 Å². The second-order valence-corrected chi connectivity index (χ2v) is 8.78. The normalized spacial score (nSPS) is 17.8. The molecule has 1 fully saturated rings. The molecule has 6 heteroatoms. The topological polar surface area (TPSA) is 49.4 Å². The number of hydrogen-bond donors (Lipinski definition) is 1. The standard InChI is InChI=1S/C16H25BrN2O2S/c1-4-18-11-14-5-7-19(8-6-14)22(20,21)16-10-12(2)15(17)9-13(16)3/h9-10,14,18H,4-8,11H2,1-3H3. The minimum absolute atomic E-state index is 0.443. The van der Waals surface area contributed by atoms with E-state index in [1.165, 1.54) is 0 Å². The molecule has 0 bridgehead atoms. The molecule has 0 saturated carbocycles. The summed E-state index contributed by atoms with van der Waals surface area (Å²) in [6.07, 6.45) is 1.86. The molecule has 1 aliphatic rings. The Morgan fingerprint density at radius 3 is 2.45 bits per heavy atom. The quantitative estimate of drug-likeness (QED) is 0.842. The molecule has 1 aromatic carbocycles. The Morgan fingerprint density at radius 2 is 1.86 bits per heavy atom. The van der Waals surface area contributed by atoms with Crippen LogP contribution in [0.1, 0.15) is 30.9 Å². The number of sulfonamides is 1. The number of halogens is 1. The van der Waals surface area contributed by atoms with Gasteiger partial charge >= 0.3 is 0 Å². The summed E-state index contributed by atoms with van der Waals surface area (Å²) in [4.78, 5) is 0.443. The van der Waals surface area contributed by atoms with Gasteiger partial charge in [0.1, 0.15) is 0 Å². The number of piperidine rings is 1. The van der Waals surface area contributed by atoms with Crippen LogP contribution in [-0.2, 0) is 10.0 Å². The third-order valence-electron chi connectivity index (χ3n) is 4.33. The third-order valence-corrected chi connectivity index (χ3v) is 7.23. The fraction of sp³-hybridized carbons (Fsp3) is 0.625. The van der Waals surface area contributed by atoms with E-state index in [2.05, 4.69) is 28.2 Å². The highest BCUT2D eigenvalue weighted by molar-refractivity contribution is 9.10. The molecule has 4 nitrogen and oxygen atoms in total. The van der Waals surface area contributed by atoms with Crippen molar-refractivity contribution in [3.8, 4) is 0 Å². The van der Waals surface area contributed by atoms with Gasteiger partial charge in [-0.25, -0.2) is 8.42 Å². The van der Waals surface area contributed by atoms with Crippen molar-refractivity contribution < 1.29 is 8.42 Å². The predicted octanol–water partition coefficient (Wildman–Crippen LogP) is 3.08. The second-order valence-electron chi connectivity index (χ2n) is 6.02. The molecular weight excluding hydrogens is 364 g/mol. The van der Waals surface area contributed by atoms with Gasteiger partial charge in [0.2, 0.25) is 10.0 Å². The number of hydrogen-bond acceptors (Lipinski definition) is 3. The molecule has 0 radical (unpaired) electrons. The molecule has 1 saturated heterocycles. The lowest BCUT2D eigenvalue weighted by Crippen LogP contribution is -2.40. The van der Waals surface area contributed by atoms with E-state index in [0.717, 1.165) is 41.5 Å². The first kappa shape index (κ1) is 17.9. The van der Waals surface area contributed by atoms with Crippen molar-refractivity contribution in [2.45, 2.75) is 38.5 Å². The Hall–Kier alpha value is -0.430. The van der Waals surface area contributed by atoms with Crippen LogP contribution in [0.3, 0.4) is 0 Å². The summed E-state index contributed by atoms with van der Waals surface area (Å²) < 4.78 is 28.4. The maximum Gasteiger partial charge on any atom is 0.243 e. The van der Waals surface area contributed by atoms with E-state index in [1.807, 2.05) is 19.9 Å². The van der Waals surface area contributed by atoms with E-state index in [4.69, 9.17) is 0 Å². The van der Waals surface area contributed by atoms with Crippen LogP contribution in [0.15, 0.2) is 21.5 Å². The number of benzene rings is 1. The molecule has 0 aliphatic carbocycles. The van der Waals surface area contributed by atoms with Crippen molar-refractivity contribution in [3.63, 3.8) is 0 Å². The van der Waals surface area contributed by atoms with Crippen molar-refractivity contribution >= 4 is 26.0 Å². The summed E-state index contributed by atoms with van der Waals surface area (Å²) in [5.74, 6) is 0.583. The zero-order valence-corrected chi connectivity index (χ0v) is 15.9. The molecule has 124 valence electrons. The van der Waals surface area contributed by atoms with Crippen LogP contribution < -0.4 is 5.32 Å². The Kier molecular flexibility index (Phi) is 6.05. The van der Waals surface area contributed by atoms with Crippen LogP contribution in [0.2, 0.25) is 0 Å². The first-order valence-corrected chi connectivity index (χ1v) is 10.1. The highest BCUT2D eigenvalue weighted by Crippen LogP contribution is 2.29. The molecule has 22 heavy (non-hydrogen) atoms. The molecule has 0 atom stereocenters. The fourth-order valence-electron chi connectivity index (χ4n) is 2.87. The Morgan fingerprint density at radius 1 is 1.23 bits per heavy atom. The van der Waals surface area contributed by atoms with E-state index < -0.39 is 10.0 Å². The number of rotatable bonds is 5. The van der Waals surface area contributed by atoms with E-state index in [1.54, 1.807) is 10.4 Å². The number of nitrogens with one attached hydrogen (secondary N) is 1. The molecule has 0 unspecified atom stereocenters. The van der Waals surface area contributed by atoms with Gasteiger partial charge in [-0.05, 0) is 69.0 Å². The molecule has 0 aromatic heterocycles. The van der Waals surface area contributed by atoms with E-state index in [9.17, 15) is 8.42 Å². The molecule has 0 spiro atoms. The van der Waals surface area contributed by atoms with E-state index >= 15 is 0 Å². The molecule has 1 heterocycles. The average molecular weight is 389 g/mol. The Labute approximate surface area is 142 Å². The maximum atomic E-state index is 12.9. The molecule has 1 aliphatic heterocycles. The van der Waals surface area contributed by atoms with Crippen LogP contribution in [0.25, 0.3) is 0 Å². The zero-order chi connectivity index (χ0) is 16.3. The average Bonchev–Trinajstić information content (AvgIpc) is 2.49. The van der Waals surface area contributed by atoms with E-state index in [-0.39, 0.29) is 0 Å². The van der Waals surface area contributed by atoms with Crippen molar-refractivity contribution in [1.82, 2.24) is 9.62 Å². The number of aryl methyl sites for hydroxylation is 2. The first-order valence-electron chi connectivity index (χ1n) is 7.84. The van der Waals surface area contributed by atoms with Crippen LogP contribution in [0, 0.1) is 19.8 Å². The number of nitrogens with zero attached hydrogens (tertiary/aromatic N) is 1. The summed E-state index contributed by atoms with van der Waals surface area (Å²) in [5.41, 5.74) is 1.75. The highest BCUT2D eigenvalue weighted by atomic mass is 79.9. The van der Waals surface area contributed by atoms with Gasteiger partial charge in [-0.2, -0.15) is 4.31 Å². The molecular formula is C16H25BrN2O2S. The summed E-state index contributed by atoms with van der Waals surface area (Å²) in [7, 11) is -3.38. The Balaban J connectivity index is 2.14. The van der Waals surface area contributed by atoms with Crippen LogP contribution in [0.5, 0.6) is 0 Å². The smallest absolute Gasteiger partial charge is 0.243 e. The minimum atomic E-state index is -3.38. The lowest BCUT2D eigenvalue weighted by atomic mass is 9.98. The molecule has 1 N–H and O–H groups in total. The monoisotopic (exact) mass is 388 g/mol. The fourth-order valence-corrected chi connectivity index (χ4v) is 5.09. The van der Waals surface area contributed by atoms with Gasteiger partial charge in [0, 0.05) is 17.6 Å². The maximum absolute atomic E-state index is 12.9. The summed E-state index contributed by atoms with van der Waals surface area (Å²) >= 11 is 3.46.